The Kier molecular flexibility index (Phi) is 7.11. The second-order valence-electron chi connectivity index (χ2n) is 7.93. The number of carbonyl (C=O) groups excluding carboxylic acids is 1. The van der Waals surface area contributed by atoms with Gasteiger partial charge in [-0.05, 0) is 44.3 Å². The van der Waals surface area contributed by atoms with Crippen molar-refractivity contribution in [1.82, 2.24) is 9.88 Å². The van der Waals surface area contributed by atoms with E-state index in [4.69, 9.17) is 10.5 Å². The van der Waals surface area contributed by atoms with Crippen molar-refractivity contribution in [2.45, 2.75) is 31.2 Å². The number of likely N-dealkylation sites (N-methyl/N-ethyl adjacent to an activating group) is 1. The van der Waals surface area contributed by atoms with Crippen molar-refractivity contribution in [2.24, 2.45) is 5.73 Å². The SMILES string of the molecule is COCC(C)Nc1ccc(-c2cc(C#CC3(O)CCN(C)C3O)ccc2F)nc1C(N)=O. The molecule has 0 spiro atoms. The van der Waals surface area contributed by atoms with E-state index in [0.29, 0.717) is 30.8 Å². The largest absolute Gasteiger partial charge is 0.383 e. The number of pyridine rings is 1. The average Bonchev–Trinajstić information content (AvgIpc) is 3.01. The number of methoxy groups -OCH3 is 1. The number of nitrogens with zero attached hydrogens (tertiary/aromatic N) is 2. The summed E-state index contributed by atoms with van der Waals surface area (Å²) in [6.07, 6.45) is -0.805. The van der Waals surface area contributed by atoms with Crippen molar-refractivity contribution in [3.8, 4) is 23.1 Å². The Balaban J connectivity index is 1.94. The number of primary amides is 1. The van der Waals surface area contributed by atoms with Crippen molar-refractivity contribution in [1.29, 1.82) is 0 Å². The summed E-state index contributed by atoms with van der Waals surface area (Å²) in [5.41, 5.74) is 5.10. The lowest BCUT2D eigenvalue weighted by Crippen LogP contribution is -2.42. The first-order valence-electron chi connectivity index (χ1n) is 10.1. The molecule has 3 atom stereocenters. The maximum atomic E-state index is 14.6. The van der Waals surface area contributed by atoms with Crippen molar-refractivity contribution < 1.29 is 24.1 Å². The van der Waals surface area contributed by atoms with Crippen molar-refractivity contribution >= 4 is 11.6 Å². The third kappa shape index (κ3) is 5.06. The molecule has 170 valence electrons. The Hall–Kier alpha value is -3.03. The van der Waals surface area contributed by atoms with Crippen LogP contribution < -0.4 is 11.1 Å². The molecule has 1 aromatic carbocycles. The number of carbonyl (C=O) groups is 1. The van der Waals surface area contributed by atoms with Gasteiger partial charge in [0.15, 0.2) is 11.3 Å². The molecule has 0 bridgehead atoms. The Morgan fingerprint density at radius 3 is 2.84 bits per heavy atom. The second kappa shape index (κ2) is 9.63. The summed E-state index contributed by atoms with van der Waals surface area (Å²) in [6, 6.07) is 7.27. The maximum absolute atomic E-state index is 14.6. The first kappa shape index (κ1) is 23.6. The highest BCUT2D eigenvalue weighted by Gasteiger charge is 2.42. The molecule has 9 heteroatoms. The number of likely N-dealkylation sites (tertiary alicyclic amines) is 1. The van der Waals surface area contributed by atoms with Gasteiger partial charge in [0.25, 0.3) is 5.91 Å². The first-order chi connectivity index (χ1) is 15.1. The molecule has 3 unspecified atom stereocenters. The number of benzene rings is 1. The fraction of sp³-hybridized carbons (Fsp3) is 0.391. The lowest BCUT2D eigenvalue weighted by atomic mass is 10.0. The molecule has 0 aliphatic carbocycles. The summed E-state index contributed by atoms with van der Waals surface area (Å²) in [6.45, 7) is 2.79. The average molecular weight is 442 g/mol. The molecule has 1 amide bonds. The summed E-state index contributed by atoms with van der Waals surface area (Å²) < 4.78 is 19.7. The van der Waals surface area contributed by atoms with Gasteiger partial charge < -0.3 is 26.0 Å². The van der Waals surface area contributed by atoms with E-state index < -0.39 is 23.6 Å². The maximum Gasteiger partial charge on any atom is 0.269 e. The van der Waals surface area contributed by atoms with Gasteiger partial charge in [-0.2, -0.15) is 0 Å². The number of aromatic nitrogens is 1. The summed E-state index contributed by atoms with van der Waals surface area (Å²) >= 11 is 0. The van der Waals surface area contributed by atoms with Crippen LogP contribution in [0.15, 0.2) is 30.3 Å². The van der Waals surface area contributed by atoms with Gasteiger partial charge in [0.1, 0.15) is 12.0 Å². The zero-order valence-corrected chi connectivity index (χ0v) is 18.2. The number of halogens is 1. The highest BCUT2D eigenvalue weighted by Crippen LogP contribution is 2.27. The topological polar surface area (TPSA) is 121 Å². The van der Waals surface area contributed by atoms with Crippen LogP contribution >= 0.6 is 0 Å². The predicted octanol–water partition coefficient (Wildman–Crippen LogP) is 1.17. The molecule has 2 heterocycles. The summed E-state index contributed by atoms with van der Waals surface area (Å²) in [5, 5.41) is 23.8. The zero-order chi connectivity index (χ0) is 23.5. The van der Waals surface area contributed by atoms with E-state index in [-0.39, 0.29) is 23.0 Å². The summed E-state index contributed by atoms with van der Waals surface area (Å²) in [4.78, 5) is 17.8. The Bertz CT molecular complexity index is 1070. The van der Waals surface area contributed by atoms with Gasteiger partial charge in [0.05, 0.1) is 18.0 Å². The smallest absolute Gasteiger partial charge is 0.269 e. The molecule has 1 aromatic heterocycles. The van der Waals surface area contributed by atoms with Gasteiger partial charge in [-0.15, -0.1) is 0 Å². The first-order valence-corrected chi connectivity index (χ1v) is 10.1. The standard InChI is InChI=1S/C23H27FN4O4/c1-14(13-32-3)26-19-7-6-18(27-20(19)21(25)29)16-12-15(4-5-17(16)24)8-9-23(31)10-11-28(2)22(23)30/h4-7,12,14,22,26,30-31H,10-11,13H2,1-3H3,(H2,25,29). The Labute approximate surface area is 186 Å². The van der Waals surface area contributed by atoms with Crippen LogP contribution in [0.3, 0.4) is 0 Å². The molecule has 8 nitrogen and oxygen atoms in total. The number of ether oxygens (including phenoxy) is 1. The van der Waals surface area contributed by atoms with Crippen molar-refractivity contribution in [3.05, 3.63) is 47.4 Å². The fourth-order valence-corrected chi connectivity index (χ4v) is 3.54. The van der Waals surface area contributed by atoms with Crippen LogP contribution in [-0.2, 0) is 4.74 Å². The lowest BCUT2D eigenvalue weighted by Gasteiger charge is -2.22. The van der Waals surface area contributed by atoms with E-state index in [1.54, 1.807) is 31.2 Å². The zero-order valence-electron chi connectivity index (χ0n) is 18.2. The fourth-order valence-electron chi connectivity index (χ4n) is 3.54. The van der Waals surface area contributed by atoms with Gasteiger partial charge in [-0.1, -0.05) is 11.8 Å². The monoisotopic (exact) mass is 442 g/mol. The van der Waals surface area contributed by atoms with Crippen molar-refractivity contribution in [3.63, 3.8) is 0 Å². The molecule has 1 aliphatic heterocycles. The molecule has 2 aromatic rings. The number of hydrogen-bond donors (Lipinski definition) is 4. The minimum Gasteiger partial charge on any atom is -0.383 e. The predicted molar refractivity (Wildman–Crippen MR) is 118 cm³/mol. The lowest BCUT2D eigenvalue weighted by molar-refractivity contribution is -0.0633. The molecule has 1 aliphatic rings. The van der Waals surface area contributed by atoms with Gasteiger partial charge in [0.2, 0.25) is 0 Å². The van der Waals surface area contributed by atoms with Gasteiger partial charge in [-0.3, -0.25) is 9.69 Å². The third-order valence-corrected chi connectivity index (χ3v) is 5.30. The number of anilines is 1. The van der Waals surface area contributed by atoms with E-state index in [1.807, 2.05) is 6.92 Å². The van der Waals surface area contributed by atoms with Gasteiger partial charge >= 0.3 is 0 Å². The van der Waals surface area contributed by atoms with E-state index >= 15 is 0 Å². The van der Waals surface area contributed by atoms with Crippen LogP contribution in [0.4, 0.5) is 10.1 Å². The highest BCUT2D eigenvalue weighted by atomic mass is 19.1. The number of aliphatic hydroxyl groups excluding tert-OH is 1. The molecule has 32 heavy (non-hydrogen) atoms. The van der Waals surface area contributed by atoms with E-state index in [0.717, 1.165) is 0 Å². The van der Waals surface area contributed by atoms with E-state index in [9.17, 15) is 19.4 Å². The Morgan fingerprint density at radius 2 is 2.22 bits per heavy atom. The molecule has 0 saturated carbocycles. The molecular formula is C23H27FN4O4. The number of aliphatic hydroxyl groups is 2. The van der Waals surface area contributed by atoms with Crippen LogP contribution in [0.1, 0.15) is 29.4 Å². The van der Waals surface area contributed by atoms with Crippen LogP contribution in [0.25, 0.3) is 11.3 Å². The number of rotatable bonds is 6. The molecule has 0 radical (unpaired) electrons. The summed E-state index contributed by atoms with van der Waals surface area (Å²) in [5.74, 6) is 4.20. The molecule has 1 saturated heterocycles. The number of nitrogens with two attached hydrogens (primary N) is 1. The van der Waals surface area contributed by atoms with Crippen LogP contribution in [-0.4, -0.2) is 71.2 Å². The normalized spacial score (nSPS) is 21.6. The third-order valence-electron chi connectivity index (χ3n) is 5.30. The number of hydrogen-bond acceptors (Lipinski definition) is 7. The van der Waals surface area contributed by atoms with Crippen LogP contribution in [0.2, 0.25) is 0 Å². The van der Waals surface area contributed by atoms with Gasteiger partial charge in [-0.25, -0.2) is 9.37 Å². The number of amides is 1. The summed E-state index contributed by atoms with van der Waals surface area (Å²) in [7, 11) is 3.26. The van der Waals surface area contributed by atoms with Crippen molar-refractivity contribution in [2.75, 3.05) is 32.6 Å². The van der Waals surface area contributed by atoms with E-state index in [2.05, 4.69) is 22.1 Å². The van der Waals surface area contributed by atoms with E-state index in [1.165, 1.54) is 18.2 Å². The number of nitrogens with one attached hydrogen (secondary N) is 1. The van der Waals surface area contributed by atoms with Crippen LogP contribution in [0, 0.1) is 17.7 Å². The highest BCUT2D eigenvalue weighted by molar-refractivity contribution is 5.97. The second-order valence-corrected chi connectivity index (χ2v) is 7.93. The Morgan fingerprint density at radius 1 is 1.47 bits per heavy atom. The molecular weight excluding hydrogens is 415 g/mol. The minimum absolute atomic E-state index is 0.0206. The quantitative estimate of drug-likeness (QED) is 0.496. The molecule has 3 rings (SSSR count). The molecule has 1 fully saturated rings. The van der Waals surface area contributed by atoms with Crippen LogP contribution in [0.5, 0.6) is 0 Å². The molecule has 5 N–H and O–H groups in total. The van der Waals surface area contributed by atoms with Gasteiger partial charge in [0, 0.05) is 37.2 Å². The minimum atomic E-state index is -1.56.